The van der Waals surface area contributed by atoms with Gasteiger partial charge < -0.3 is 19.9 Å². The number of ether oxygens (including phenoxy) is 1. The lowest BCUT2D eigenvalue weighted by molar-refractivity contribution is -0.121. The minimum atomic E-state index is -0.224. The fourth-order valence-corrected chi connectivity index (χ4v) is 5.29. The number of morpholine rings is 1. The van der Waals surface area contributed by atoms with E-state index in [4.69, 9.17) is 25.5 Å². The first kappa shape index (κ1) is 23.6. The average molecular weight is 501 g/mol. The van der Waals surface area contributed by atoms with E-state index in [1.54, 1.807) is 0 Å². The van der Waals surface area contributed by atoms with Crippen LogP contribution in [0.5, 0.6) is 0 Å². The highest BCUT2D eigenvalue weighted by atomic mass is 16.5. The lowest BCUT2D eigenvalue weighted by Gasteiger charge is -2.29. The highest BCUT2D eigenvalue weighted by Crippen LogP contribution is 2.30. The molecule has 6 rings (SSSR count). The van der Waals surface area contributed by atoms with Gasteiger partial charge in [-0.3, -0.25) is 9.69 Å². The molecule has 2 aliphatic heterocycles. The number of aromatic nitrogens is 5. The maximum atomic E-state index is 11.6. The van der Waals surface area contributed by atoms with E-state index in [0.29, 0.717) is 26.3 Å². The van der Waals surface area contributed by atoms with Gasteiger partial charge in [0.2, 0.25) is 5.91 Å². The average Bonchev–Trinajstić information content (AvgIpc) is 3.65. The summed E-state index contributed by atoms with van der Waals surface area (Å²) in [5.74, 6) is 1.35. The van der Waals surface area contributed by atoms with E-state index in [1.807, 2.05) is 30.1 Å². The number of rotatable bonds is 6. The number of primary amides is 1. The van der Waals surface area contributed by atoms with E-state index in [2.05, 4.69) is 45.6 Å². The molecule has 0 bridgehead atoms. The number of carbonyl (C=O) groups is 1. The molecule has 0 spiro atoms. The predicted octanol–water partition coefficient (Wildman–Crippen LogP) is 2.27. The molecule has 0 saturated carbocycles. The molecule has 1 amide bonds. The van der Waals surface area contributed by atoms with Crippen molar-refractivity contribution in [3.8, 4) is 17.1 Å². The number of aryl methyl sites for hydroxylation is 2. The van der Waals surface area contributed by atoms with Gasteiger partial charge in [-0.1, -0.05) is 23.8 Å². The number of pyridine rings is 1. The molecule has 2 aliphatic rings. The Balaban J connectivity index is 1.39. The number of fused-ring (bicyclic) bond motifs is 1. The Labute approximate surface area is 215 Å². The van der Waals surface area contributed by atoms with Gasteiger partial charge in [0.25, 0.3) is 0 Å². The van der Waals surface area contributed by atoms with Gasteiger partial charge >= 0.3 is 0 Å². The lowest BCUT2D eigenvalue weighted by Crippen LogP contribution is -2.36. The van der Waals surface area contributed by atoms with Crippen molar-refractivity contribution in [1.82, 2.24) is 29.2 Å². The SMILES string of the molecule is Cc1cccc(-c2ccn(-c3cc(N4CCOCC4)c4nc(CN5CCC(C(N)=O)C5)n(C)c4n3)n2)c1. The van der Waals surface area contributed by atoms with Crippen LogP contribution in [0.1, 0.15) is 17.8 Å². The first-order chi connectivity index (χ1) is 18.0. The third-order valence-corrected chi connectivity index (χ3v) is 7.42. The van der Waals surface area contributed by atoms with E-state index >= 15 is 0 Å². The first-order valence-electron chi connectivity index (χ1n) is 12.8. The highest BCUT2D eigenvalue weighted by Gasteiger charge is 2.28. The maximum absolute atomic E-state index is 11.6. The number of anilines is 1. The number of likely N-dealkylation sites (tertiary alicyclic amines) is 1. The third-order valence-electron chi connectivity index (χ3n) is 7.42. The molecule has 37 heavy (non-hydrogen) atoms. The number of benzene rings is 1. The zero-order valence-corrected chi connectivity index (χ0v) is 21.3. The third kappa shape index (κ3) is 4.58. The Hall–Kier alpha value is -3.76. The number of carbonyl (C=O) groups excluding carboxylic acids is 1. The largest absolute Gasteiger partial charge is 0.378 e. The van der Waals surface area contributed by atoms with Crippen LogP contribution < -0.4 is 10.6 Å². The van der Waals surface area contributed by atoms with Crippen LogP contribution in [-0.4, -0.2) is 74.5 Å². The molecule has 5 heterocycles. The molecular weight excluding hydrogens is 468 g/mol. The van der Waals surface area contributed by atoms with Gasteiger partial charge in [0, 0.05) is 44.5 Å². The predicted molar refractivity (Wildman–Crippen MR) is 141 cm³/mol. The summed E-state index contributed by atoms with van der Waals surface area (Å²) in [7, 11) is 2.01. The molecule has 10 heteroatoms. The Morgan fingerprint density at radius 1 is 1.14 bits per heavy atom. The van der Waals surface area contributed by atoms with Crippen LogP contribution in [0.3, 0.4) is 0 Å². The van der Waals surface area contributed by atoms with Crippen LogP contribution in [0.4, 0.5) is 5.69 Å². The Bertz CT molecular complexity index is 1450. The standard InChI is InChI=1S/C27H32N8O2/c1-18-4-3-5-19(14-18)21-7-9-35(31-21)23-15-22(34-10-12-37-13-11-34)25-27(30-23)32(2)24(29-25)17-33-8-6-20(16-33)26(28)36/h3-5,7,9,14-15,20H,6,8,10-13,16-17H2,1-2H3,(H2,28,36). The zero-order chi connectivity index (χ0) is 25.5. The highest BCUT2D eigenvalue weighted by molar-refractivity contribution is 5.88. The summed E-state index contributed by atoms with van der Waals surface area (Å²) >= 11 is 0. The van der Waals surface area contributed by atoms with Gasteiger partial charge in [0.05, 0.1) is 37.1 Å². The molecule has 1 aromatic carbocycles. The lowest BCUT2D eigenvalue weighted by atomic mass is 10.1. The molecule has 1 atom stereocenters. The molecule has 2 saturated heterocycles. The van der Waals surface area contributed by atoms with E-state index in [9.17, 15) is 4.79 Å². The molecule has 10 nitrogen and oxygen atoms in total. The number of amides is 1. The van der Waals surface area contributed by atoms with Crippen molar-refractivity contribution in [2.45, 2.75) is 19.9 Å². The molecule has 2 N–H and O–H groups in total. The second-order valence-corrected chi connectivity index (χ2v) is 10.00. The van der Waals surface area contributed by atoms with Crippen molar-refractivity contribution in [3.63, 3.8) is 0 Å². The van der Waals surface area contributed by atoms with Crippen molar-refractivity contribution in [1.29, 1.82) is 0 Å². The Morgan fingerprint density at radius 2 is 1.97 bits per heavy atom. The minimum Gasteiger partial charge on any atom is -0.378 e. The monoisotopic (exact) mass is 500 g/mol. The van der Waals surface area contributed by atoms with E-state index < -0.39 is 0 Å². The van der Waals surface area contributed by atoms with Gasteiger partial charge in [-0.2, -0.15) is 5.10 Å². The number of hydrogen-bond acceptors (Lipinski definition) is 7. The summed E-state index contributed by atoms with van der Waals surface area (Å²) in [4.78, 5) is 26.3. The summed E-state index contributed by atoms with van der Waals surface area (Å²) in [6, 6.07) is 12.4. The van der Waals surface area contributed by atoms with Crippen molar-refractivity contribution in [2.24, 2.45) is 18.7 Å². The first-order valence-corrected chi connectivity index (χ1v) is 12.8. The minimum absolute atomic E-state index is 0.0919. The quantitative estimate of drug-likeness (QED) is 0.433. The zero-order valence-electron chi connectivity index (χ0n) is 21.3. The van der Waals surface area contributed by atoms with Gasteiger partial charge in [-0.15, -0.1) is 0 Å². The van der Waals surface area contributed by atoms with E-state index in [0.717, 1.165) is 65.8 Å². The van der Waals surface area contributed by atoms with Crippen LogP contribution in [0.15, 0.2) is 42.6 Å². The van der Waals surface area contributed by atoms with Crippen LogP contribution in [0.25, 0.3) is 28.2 Å². The van der Waals surface area contributed by atoms with Crippen LogP contribution >= 0.6 is 0 Å². The van der Waals surface area contributed by atoms with E-state index in [-0.39, 0.29) is 11.8 Å². The molecule has 1 unspecified atom stereocenters. The van der Waals surface area contributed by atoms with E-state index in [1.165, 1.54) is 5.56 Å². The maximum Gasteiger partial charge on any atom is 0.221 e. The molecule has 2 fully saturated rings. The fourth-order valence-electron chi connectivity index (χ4n) is 5.29. The van der Waals surface area contributed by atoms with Crippen LogP contribution in [0.2, 0.25) is 0 Å². The Morgan fingerprint density at radius 3 is 2.73 bits per heavy atom. The topological polar surface area (TPSA) is 107 Å². The van der Waals surface area contributed by atoms with Crippen molar-refractivity contribution in [2.75, 3.05) is 44.3 Å². The van der Waals surface area contributed by atoms with Gasteiger partial charge in [0.15, 0.2) is 11.5 Å². The molecule has 3 aromatic heterocycles. The summed E-state index contributed by atoms with van der Waals surface area (Å²) < 4.78 is 9.51. The van der Waals surface area contributed by atoms with Gasteiger partial charge in [0.1, 0.15) is 11.3 Å². The normalized spacial score (nSPS) is 18.6. The second-order valence-electron chi connectivity index (χ2n) is 10.00. The number of hydrogen-bond donors (Lipinski definition) is 1. The van der Waals surface area contributed by atoms with Crippen molar-refractivity contribution in [3.05, 3.63) is 54.0 Å². The number of nitrogens with two attached hydrogens (primary N) is 1. The second kappa shape index (κ2) is 9.60. The molecular formula is C27H32N8O2. The molecule has 4 aromatic rings. The molecule has 0 aliphatic carbocycles. The number of imidazole rings is 1. The summed E-state index contributed by atoms with van der Waals surface area (Å²) in [6.45, 7) is 7.19. The molecule has 0 radical (unpaired) electrons. The van der Waals surface area contributed by atoms with Crippen molar-refractivity contribution < 1.29 is 9.53 Å². The van der Waals surface area contributed by atoms with Crippen molar-refractivity contribution >= 4 is 22.8 Å². The fraction of sp³-hybridized carbons (Fsp3) is 0.407. The van der Waals surface area contributed by atoms with Gasteiger partial charge in [-0.05, 0) is 32.0 Å². The van der Waals surface area contributed by atoms with Gasteiger partial charge in [-0.25, -0.2) is 14.6 Å². The number of nitrogens with zero attached hydrogens (tertiary/aromatic N) is 7. The van der Waals surface area contributed by atoms with Crippen LogP contribution in [-0.2, 0) is 23.1 Å². The smallest absolute Gasteiger partial charge is 0.221 e. The molecule has 192 valence electrons. The summed E-state index contributed by atoms with van der Waals surface area (Å²) in [5, 5.41) is 4.86. The summed E-state index contributed by atoms with van der Waals surface area (Å²) in [6.07, 6.45) is 2.75. The summed E-state index contributed by atoms with van der Waals surface area (Å²) in [5.41, 5.74) is 11.5. The Kier molecular flexibility index (Phi) is 6.13. The van der Waals surface area contributed by atoms with Crippen LogP contribution in [0, 0.1) is 12.8 Å².